The molecule has 0 bridgehead atoms. The van der Waals surface area contributed by atoms with Gasteiger partial charge in [0.25, 0.3) is 0 Å². The normalized spacial score (nSPS) is 11.3. The molecule has 114 valence electrons. The van der Waals surface area contributed by atoms with Crippen molar-refractivity contribution in [2.75, 3.05) is 13.1 Å². The van der Waals surface area contributed by atoms with Crippen LogP contribution in [0.2, 0.25) is 0 Å². The first-order valence-electron chi connectivity index (χ1n) is 7.17. The van der Waals surface area contributed by atoms with Crippen LogP contribution in [0, 0.1) is 11.7 Å². The minimum absolute atomic E-state index is 0.288. The lowest BCUT2D eigenvalue weighted by molar-refractivity contribution is 0.483. The van der Waals surface area contributed by atoms with Crippen LogP contribution in [0.25, 0.3) is 11.3 Å². The van der Waals surface area contributed by atoms with E-state index in [9.17, 15) is 4.39 Å². The minimum atomic E-state index is -0.288. The molecule has 0 fully saturated rings. The molecule has 1 aromatic heterocycles. The molecule has 5 heteroatoms. The summed E-state index contributed by atoms with van der Waals surface area (Å²) in [4.78, 5) is 4.26. The first kappa shape index (κ1) is 16.2. The highest BCUT2D eigenvalue weighted by molar-refractivity contribution is 9.10. The molecule has 0 aliphatic rings. The van der Waals surface area contributed by atoms with Crippen LogP contribution in [-0.2, 0) is 6.42 Å². The van der Waals surface area contributed by atoms with Gasteiger partial charge < -0.3 is 9.73 Å². The maximum Gasteiger partial charge on any atom is 0.194 e. The lowest BCUT2D eigenvalue weighted by Crippen LogP contribution is -2.21. The summed E-state index contributed by atoms with van der Waals surface area (Å²) >= 11 is 3.40. The van der Waals surface area contributed by atoms with Crippen LogP contribution in [0.1, 0.15) is 26.2 Å². The molecule has 3 nitrogen and oxygen atoms in total. The van der Waals surface area contributed by atoms with Crippen molar-refractivity contribution >= 4 is 15.9 Å². The second-order valence-corrected chi connectivity index (χ2v) is 6.30. The number of oxazole rings is 1. The highest BCUT2D eigenvalue weighted by Gasteiger charge is 2.10. The topological polar surface area (TPSA) is 38.1 Å². The lowest BCUT2D eigenvalue weighted by atomic mass is 10.2. The molecule has 0 atom stereocenters. The molecular weight excluding hydrogens is 335 g/mol. The molecule has 2 rings (SSSR count). The van der Waals surface area contributed by atoms with Crippen molar-refractivity contribution in [2.45, 2.75) is 26.7 Å². The van der Waals surface area contributed by atoms with Crippen molar-refractivity contribution in [1.82, 2.24) is 10.3 Å². The Balaban J connectivity index is 1.91. The molecule has 0 unspecified atom stereocenters. The summed E-state index contributed by atoms with van der Waals surface area (Å²) in [7, 11) is 0. The minimum Gasteiger partial charge on any atom is -0.441 e. The van der Waals surface area contributed by atoms with Crippen LogP contribution in [0.15, 0.2) is 33.3 Å². The molecule has 0 aliphatic heterocycles. The fraction of sp³-hybridized carbons (Fsp3) is 0.438. The van der Waals surface area contributed by atoms with E-state index in [0.717, 1.165) is 30.4 Å². The Morgan fingerprint density at radius 1 is 1.38 bits per heavy atom. The predicted molar refractivity (Wildman–Crippen MR) is 85.6 cm³/mol. The molecule has 0 saturated heterocycles. The van der Waals surface area contributed by atoms with Gasteiger partial charge in [-0.3, -0.25) is 0 Å². The molecule has 0 aliphatic carbocycles. The van der Waals surface area contributed by atoms with Crippen LogP contribution in [0.3, 0.4) is 0 Å². The number of aromatic nitrogens is 1. The largest absolute Gasteiger partial charge is 0.441 e. The van der Waals surface area contributed by atoms with Crippen molar-refractivity contribution < 1.29 is 8.81 Å². The zero-order chi connectivity index (χ0) is 15.2. The van der Waals surface area contributed by atoms with Gasteiger partial charge in [-0.1, -0.05) is 29.8 Å². The van der Waals surface area contributed by atoms with Gasteiger partial charge in [0, 0.05) is 16.5 Å². The van der Waals surface area contributed by atoms with Gasteiger partial charge in [0.15, 0.2) is 11.7 Å². The molecule has 0 saturated carbocycles. The summed E-state index contributed by atoms with van der Waals surface area (Å²) in [6.07, 6.45) is 3.39. The Bertz CT molecular complexity index is 583. The third kappa shape index (κ3) is 4.93. The summed E-state index contributed by atoms with van der Waals surface area (Å²) in [5.41, 5.74) is 0.687. The van der Waals surface area contributed by atoms with Crippen LogP contribution in [-0.4, -0.2) is 18.1 Å². The Kier molecular flexibility index (Phi) is 5.94. The number of benzene rings is 1. The van der Waals surface area contributed by atoms with E-state index in [1.165, 1.54) is 12.1 Å². The van der Waals surface area contributed by atoms with E-state index >= 15 is 0 Å². The van der Waals surface area contributed by atoms with Crippen LogP contribution in [0.5, 0.6) is 0 Å². The number of hydrogen-bond donors (Lipinski definition) is 1. The van der Waals surface area contributed by atoms with Gasteiger partial charge in [-0.15, -0.1) is 0 Å². The molecule has 0 radical (unpaired) electrons. The fourth-order valence-corrected chi connectivity index (χ4v) is 2.43. The number of nitrogens with one attached hydrogen (secondary N) is 1. The van der Waals surface area contributed by atoms with Crippen molar-refractivity contribution in [3.05, 3.63) is 40.6 Å². The maximum atomic E-state index is 13.3. The van der Waals surface area contributed by atoms with Crippen LogP contribution < -0.4 is 5.32 Å². The van der Waals surface area contributed by atoms with E-state index in [4.69, 9.17) is 4.42 Å². The van der Waals surface area contributed by atoms with Gasteiger partial charge in [0.1, 0.15) is 5.82 Å². The maximum absolute atomic E-state index is 13.3. The molecule has 1 N–H and O–H groups in total. The Morgan fingerprint density at radius 2 is 2.19 bits per heavy atom. The van der Waals surface area contributed by atoms with E-state index in [2.05, 4.69) is 40.1 Å². The molecular formula is C16H20BrFN2O. The number of nitrogens with zero attached hydrogens (tertiary/aromatic N) is 1. The average molecular weight is 355 g/mol. The zero-order valence-corrected chi connectivity index (χ0v) is 13.9. The van der Waals surface area contributed by atoms with Gasteiger partial charge in [0.05, 0.1) is 6.20 Å². The highest BCUT2D eigenvalue weighted by atomic mass is 79.9. The van der Waals surface area contributed by atoms with Crippen molar-refractivity contribution in [3.63, 3.8) is 0 Å². The molecule has 2 aromatic rings. The number of hydrogen-bond acceptors (Lipinski definition) is 3. The van der Waals surface area contributed by atoms with Gasteiger partial charge in [0.2, 0.25) is 0 Å². The lowest BCUT2D eigenvalue weighted by Gasteiger charge is -2.05. The Hall–Kier alpha value is -1.20. The monoisotopic (exact) mass is 354 g/mol. The van der Waals surface area contributed by atoms with Crippen LogP contribution in [0.4, 0.5) is 4.39 Å². The van der Waals surface area contributed by atoms with Crippen molar-refractivity contribution in [1.29, 1.82) is 0 Å². The highest BCUT2D eigenvalue weighted by Crippen LogP contribution is 2.29. The second-order valence-electron chi connectivity index (χ2n) is 5.44. The van der Waals surface area contributed by atoms with Gasteiger partial charge >= 0.3 is 0 Å². The third-order valence-electron chi connectivity index (χ3n) is 3.04. The second kappa shape index (κ2) is 7.71. The van der Waals surface area contributed by atoms with Gasteiger partial charge in [-0.25, -0.2) is 9.37 Å². The fourth-order valence-electron chi connectivity index (χ4n) is 1.99. The molecule has 0 spiro atoms. The Morgan fingerprint density at radius 3 is 2.95 bits per heavy atom. The molecule has 21 heavy (non-hydrogen) atoms. The summed E-state index contributed by atoms with van der Waals surface area (Å²) in [5, 5.41) is 3.38. The average Bonchev–Trinajstić information content (AvgIpc) is 2.89. The number of rotatable bonds is 7. The zero-order valence-electron chi connectivity index (χ0n) is 12.3. The van der Waals surface area contributed by atoms with Gasteiger partial charge in [-0.2, -0.15) is 0 Å². The standard InChI is InChI=1S/C16H20BrFN2O/c1-11(2)9-19-7-3-4-16-20-10-15(21-16)13-8-12(18)5-6-14(13)17/h5-6,8,10-11,19H,3-4,7,9H2,1-2H3. The molecule has 1 heterocycles. The smallest absolute Gasteiger partial charge is 0.194 e. The van der Waals surface area contributed by atoms with Gasteiger partial charge in [-0.05, 0) is 43.6 Å². The summed E-state index contributed by atoms with van der Waals surface area (Å²) < 4.78 is 19.8. The SMILES string of the molecule is CC(C)CNCCCc1ncc(-c2cc(F)ccc2Br)o1. The van der Waals surface area contributed by atoms with E-state index in [-0.39, 0.29) is 5.82 Å². The van der Waals surface area contributed by atoms with E-state index < -0.39 is 0 Å². The van der Waals surface area contributed by atoms with E-state index in [0.29, 0.717) is 23.1 Å². The molecule has 0 amide bonds. The summed E-state index contributed by atoms with van der Waals surface area (Å²) in [6.45, 7) is 6.33. The third-order valence-corrected chi connectivity index (χ3v) is 3.74. The van der Waals surface area contributed by atoms with E-state index in [1.807, 2.05) is 0 Å². The molecule has 1 aromatic carbocycles. The first-order chi connectivity index (χ1) is 10.1. The Labute approximate surface area is 133 Å². The first-order valence-corrected chi connectivity index (χ1v) is 7.96. The number of aryl methyl sites for hydroxylation is 1. The number of halogens is 2. The predicted octanol–water partition coefficient (Wildman–Crippen LogP) is 4.42. The van der Waals surface area contributed by atoms with Crippen molar-refractivity contribution in [3.8, 4) is 11.3 Å². The van der Waals surface area contributed by atoms with E-state index in [1.54, 1.807) is 12.3 Å². The van der Waals surface area contributed by atoms with Crippen molar-refractivity contribution in [2.24, 2.45) is 5.92 Å². The van der Waals surface area contributed by atoms with Crippen LogP contribution >= 0.6 is 15.9 Å². The summed E-state index contributed by atoms with van der Waals surface area (Å²) in [6, 6.07) is 4.52. The summed E-state index contributed by atoms with van der Waals surface area (Å²) in [5.74, 6) is 1.65. The quantitative estimate of drug-likeness (QED) is 0.747.